The molecule has 0 N–H and O–H groups in total. The molecule has 0 saturated heterocycles. The van der Waals surface area contributed by atoms with Gasteiger partial charge in [-0.05, 0) is 45.2 Å². The number of alkyl halides is 1. The predicted molar refractivity (Wildman–Crippen MR) is 133 cm³/mol. The van der Waals surface area contributed by atoms with Gasteiger partial charge in [0.2, 0.25) is 0 Å². The molecule has 29 heavy (non-hydrogen) atoms. The molecule has 176 valence electrons. The highest BCUT2D eigenvalue weighted by Crippen LogP contribution is 2.18. The maximum atomic E-state index is 6.40. The van der Waals surface area contributed by atoms with Gasteiger partial charge in [0.25, 0.3) is 0 Å². The summed E-state index contributed by atoms with van der Waals surface area (Å²) in [6, 6.07) is 0. The van der Waals surface area contributed by atoms with Gasteiger partial charge in [-0.3, -0.25) is 0 Å². The maximum absolute atomic E-state index is 6.40. The van der Waals surface area contributed by atoms with Crippen LogP contribution in [0.4, 0.5) is 0 Å². The molecule has 0 spiro atoms. The Morgan fingerprint density at radius 1 is 0.655 bits per heavy atom. The van der Waals surface area contributed by atoms with E-state index in [0.29, 0.717) is 0 Å². The molecule has 0 aromatic heterocycles. The predicted octanol–water partition coefficient (Wildman–Crippen LogP) is 8.74. The number of hydrogen-bond donors (Lipinski definition) is 0. The van der Waals surface area contributed by atoms with Crippen molar-refractivity contribution in [3.63, 3.8) is 0 Å². The van der Waals surface area contributed by atoms with Gasteiger partial charge in [-0.15, -0.1) is 0 Å². The first kappa shape index (κ1) is 29.6. The molecule has 0 fully saturated rings. The van der Waals surface area contributed by atoms with Crippen LogP contribution < -0.4 is 0 Å². The molecular weight excluding hydrogens is 444 g/mol. The summed E-state index contributed by atoms with van der Waals surface area (Å²) in [7, 11) is -2.13. The van der Waals surface area contributed by atoms with Crippen LogP contribution in [0.1, 0.15) is 117 Å². The van der Waals surface area contributed by atoms with Gasteiger partial charge in [-0.1, -0.05) is 100 Å². The Kier molecular flexibility index (Phi) is 22.2. The zero-order valence-electron chi connectivity index (χ0n) is 20.1. The van der Waals surface area contributed by atoms with Crippen molar-refractivity contribution in [2.45, 2.75) is 136 Å². The molecule has 5 heteroatoms. The first-order valence-electron chi connectivity index (χ1n) is 12.5. The van der Waals surface area contributed by atoms with E-state index in [2.05, 4.69) is 42.9 Å². The van der Waals surface area contributed by atoms with Crippen molar-refractivity contribution in [1.82, 2.24) is 0 Å². The minimum atomic E-state index is -2.13. The van der Waals surface area contributed by atoms with Crippen LogP contribution in [-0.2, 0) is 13.6 Å². The lowest BCUT2D eigenvalue weighted by molar-refractivity contribution is -0.104. The lowest BCUT2D eigenvalue weighted by Gasteiger charge is -2.29. The van der Waals surface area contributed by atoms with Gasteiger partial charge < -0.3 is 13.6 Å². The Labute approximate surface area is 192 Å². The summed E-state index contributed by atoms with van der Waals surface area (Å²) in [5.74, 6) is 0. The van der Waals surface area contributed by atoms with Crippen LogP contribution in [0.5, 0.6) is 0 Å². The first-order valence-corrected chi connectivity index (χ1v) is 16.5. The molecule has 0 bridgehead atoms. The van der Waals surface area contributed by atoms with Crippen molar-refractivity contribution in [1.29, 1.82) is 0 Å². The van der Waals surface area contributed by atoms with Crippen LogP contribution in [0.2, 0.25) is 13.1 Å². The fourth-order valence-corrected chi connectivity index (χ4v) is 5.33. The van der Waals surface area contributed by atoms with Crippen LogP contribution in [0, 0.1) is 0 Å². The van der Waals surface area contributed by atoms with Gasteiger partial charge in [0, 0.05) is 18.5 Å². The van der Waals surface area contributed by atoms with E-state index in [-0.39, 0.29) is 6.29 Å². The summed E-state index contributed by atoms with van der Waals surface area (Å²) in [5.41, 5.74) is 0. The minimum absolute atomic E-state index is 0.0842. The fourth-order valence-electron chi connectivity index (χ4n) is 3.41. The highest BCUT2D eigenvalue weighted by molar-refractivity contribution is 9.09. The van der Waals surface area contributed by atoms with Crippen molar-refractivity contribution in [2.24, 2.45) is 0 Å². The van der Waals surface area contributed by atoms with E-state index < -0.39 is 8.56 Å². The Hall–Kier alpha value is 0.577. The molecule has 0 saturated carbocycles. The summed E-state index contributed by atoms with van der Waals surface area (Å²) >= 11 is 3.50. The molecule has 1 atom stereocenters. The third kappa shape index (κ3) is 21.6. The summed E-state index contributed by atoms with van der Waals surface area (Å²) in [5, 5.41) is 1.10. The molecular formula is C24H51BrO3Si. The van der Waals surface area contributed by atoms with Crippen molar-refractivity contribution in [3.05, 3.63) is 0 Å². The van der Waals surface area contributed by atoms with Crippen molar-refractivity contribution in [2.75, 3.05) is 18.5 Å². The Bertz CT molecular complexity index is 329. The zero-order chi connectivity index (χ0) is 21.6. The number of halogens is 1. The van der Waals surface area contributed by atoms with Gasteiger partial charge in [0.05, 0.1) is 0 Å². The average molecular weight is 496 g/mol. The highest BCUT2D eigenvalue weighted by atomic mass is 79.9. The molecule has 0 aliphatic rings. The van der Waals surface area contributed by atoms with Crippen LogP contribution in [-0.4, -0.2) is 33.4 Å². The minimum Gasteiger partial charge on any atom is -0.394 e. The molecule has 0 aliphatic carbocycles. The van der Waals surface area contributed by atoms with Crippen molar-refractivity contribution in [3.8, 4) is 0 Å². The van der Waals surface area contributed by atoms with E-state index in [4.69, 9.17) is 13.6 Å². The molecule has 0 rings (SSSR count). The number of unbranched alkanes of at least 4 members (excludes halogenated alkanes) is 12. The molecule has 0 radical (unpaired) electrons. The maximum Gasteiger partial charge on any atom is 0.333 e. The van der Waals surface area contributed by atoms with Gasteiger partial charge >= 0.3 is 8.56 Å². The van der Waals surface area contributed by atoms with Crippen LogP contribution in [0.3, 0.4) is 0 Å². The molecule has 0 aromatic rings. The Morgan fingerprint density at radius 2 is 1.17 bits per heavy atom. The lowest BCUT2D eigenvalue weighted by atomic mass is 10.1. The molecule has 3 nitrogen and oxygen atoms in total. The van der Waals surface area contributed by atoms with E-state index in [1.165, 1.54) is 83.5 Å². The van der Waals surface area contributed by atoms with Crippen molar-refractivity contribution < 1.29 is 13.6 Å². The molecule has 0 aromatic carbocycles. The van der Waals surface area contributed by atoms with E-state index in [1.54, 1.807) is 0 Å². The zero-order valence-corrected chi connectivity index (χ0v) is 22.7. The summed E-state index contributed by atoms with van der Waals surface area (Å²) in [6.45, 7) is 10.5. The second-order valence-electron chi connectivity index (χ2n) is 8.74. The smallest absolute Gasteiger partial charge is 0.333 e. The fraction of sp³-hybridized carbons (Fsp3) is 1.00. The standard InChI is InChI=1S/C24H51BrO3Si/c1-5-7-9-11-14-19-23-27-29(3,4)28-24(20-16-12-10-8-6-2)26-22-18-15-13-17-21-25/h24H,5-23H2,1-4H3. The Morgan fingerprint density at radius 3 is 1.79 bits per heavy atom. The summed E-state index contributed by atoms with van der Waals surface area (Å²) < 4.78 is 18.8. The quantitative estimate of drug-likeness (QED) is 0.0614. The third-order valence-corrected chi connectivity index (χ3v) is 7.53. The molecule has 0 amide bonds. The first-order chi connectivity index (χ1) is 14.1. The van der Waals surface area contributed by atoms with Crippen molar-refractivity contribution >= 4 is 24.5 Å². The Balaban J connectivity index is 4.15. The van der Waals surface area contributed by atoms with Crippen LogP contribution >= 0.6 is 15.9 Å². The molecule has 0 heterocycles. The monoisotopic (exact) mass is 494 g/mol. The largest absolute Gasteiger partial charge is 0.394 e. The second-order valence-corrected chi connectivity index (χ2v) is 12.9. The van der Waals surface area contributed by atoms with Gasteiger partial charge in [-0.2, -0.15) is 0 Å². The van der Waals surface area contributed by atoms with E-state index >= 15 is 0 Å². The summed E-state index contributed by atoms with van der Waals surface area (Å²) in [6.07, 6.45) is 20.0. The molecule has 0 aliphatic heterocycles. The topological polar surface area (TPSA) is 27.7 Å². The number of rotatable bonds is 23. The highest BCUT2D eigenvalue weighted by Gasteiger charge is 2.29. The number of ether oxygens (including phenoxy) is 1. The normalized spacial score (nSPS) is 13.1. The van der Waals surface area contributed by atoms with E-state index in [0.717, 1.165) is 37.8 Å². The summed E-state index contributed by atoms with van der Waals surface area (Å²) in [4.78, 5) is 0. The SMILES string of the molecule is CCCCCCCCO[Si](C)(C)OC(CCCCCCC)OCCCCCCBr. The average Bonchev–Trinajstić information content (AvgIpc) is 2.69. The van der Waals surface area contributed by atoms with Gasteiger partial charge in [0.1, 0.15) is 6.29 Å². The third-order valence-electron chi connectivity index (χ3n) is 5.24. The van der Waals surface area contributed by atoms with Gasteiger partial charge in [0.15, 0.2) is 0 Å². The second kappa shape index (κ2) is 21.8. The van der Waals surface area contributed by atoms with Crippen LogP contribution in [0.25, 0.3) is 0 Å². The molecule has 1 unspecified atom stereocenters. The van der Waals surface area contributed by atoms with E-state index in [1.807, 2.05) is 0 Å². The number of hydrogen-bond acceptors (Lipinski definition) is 3. The lowest BCUT2D eigenvalue weighted by Crippen LogP contribution is -2.40. The van der Waals surface area contributed by atoms with Crippen LogP contribution in [0.15, 0.2) is 0 Å². The van der Waals surface area contributed by atoms with Gasteiger partial charge in [-0.25, -0.2) is 0 Å². The van der Waals surface area contributed by atoms with E-state index in [9.17, 15) is 0 Å².